The summed E-state index contributed by atoms with van der Waals surface area (Å²) in [5, 5.41) is 3.52. The number of carbonyl (C=O) groups excluding carboxylic acids is 1. The molecule has 7 heteroatoms. The van der Waals surface area contributed by atoms with E-state index in [1.165, 1.54) is 12.1 Å². The average Bonchev–Trinajstić information content (AvgIpc) is 2.33. The van der Waals surface area contributed by atoms with Gasteiger partial charge in [-0.3, -0.25) is 4.79 Å². The van der Waals surface area contributed by atoms with Gasteiger partial charge in [0, 0.05) is 30.1 Å². The Balaban J connectivity index is 0.00000180. The number of benzene rings is 1. The Morgan fingerprint density at radius 2 is 2.26 bits per heavy atom. The lowest BCUT2D eigenvalue weighted by molar-refractivity contribution is 0.0651. The molecular weight excluding hydrogens is 358 g/mol. The van der Waals surface area contributed by atoms with Crippen molar-refractivity contribution in [2.24, 2.45) is 0 Å². The van der Waals surface area contributed by atoms with Gasteiger partial charge in [-0.1, -0.05) is 11.6 Å². The van der Waals surface area contributed by atoms with Gasteiger partial charge in [-0.25, -0.2) is 4.39 Å². The van der Waals surface area contributed by atoms with Crippen molar-refractivity contribution in [2.45, 2.75) is 13.0 Å². The Morgan fingerprint density at radius 3 is 2.89 bits per heavy atom. The van der Waals surface area contributed by atoms with Crippen molar-refractivity contribution in [1.29, 1.82) is 0 Å². The summed E-state index contributed by atoms with van der Waals surface area (Å²) in [7, 11) is 0. The summed E-state index contributed by atoms with van der Waals surface area (Å²) in [5.74, 6) is -0.863. The first-order valence-electron chi connectivity index (χ1n) is 5.67. The second-order valence-electron chi connectivity index (χ2n) is 4.30. The first-order valence-corrected chi connectivity index (χ1v) is 6.84. The van der Waals surface area contributed by atoms with E-state index >= 15 is 0 Å². The summed E-state index contributed by atoms with van der Waals surface area (Å²) in [6, 6.07) is 2.65. The van der Waals surface area contributed by atoms with Crippen LogP contribution < -0.4 is 5.32 Å². The molecule has 1 heterocycles. The molecule has 1 aromatic carbocycles. The molecule has 0 spiro atoms. The Bertz CT molecular complexity index is 487. The van der Waals surface area contributed by atoms with Crippen LogP contribution in [-0.4, -0.2) is 36.5 Å². The van der Waals surface area contributed by atoms with Crippen LogP contribution in [0.3, 0.4) is 0 Å². The lowest BCUT2D eigenvalue weighted by Gasteiger charge is -2.34. The maximum absolute atomic E-state index is 13.8. The molecule has 0 unspecified atom stereocenters. The molecule has 106 valence electrons. The minimum absolute atomic E-state index is 0. The average molecular weight is 372 g/mol. The van der Waals surface area contributed by atoms with Gasteiger partial charge >= 0.3 is 0 Å². The zero-order valence-corrected chi connectivity index (χ0v) is 13.4. The van der Waals surface area contributed by atoms with E-state index < -0.39 is 5.82 Å². The number of rotatable bonds is 1. The zero-order valence-electron chi connectivity index (χ0n) is 10.3. The van der Waals surface area contributed by atoms with Gasteiger partial charge in [-0.05, 0) is 35.0 Å². The highest BCUT2D eigenvalue weighted by Crippen LogP contribution is 2.26. The first-order chi connectivity index (χ1) is 8.50. The van der Waals surface area contributed by atoms with Crippen molar-refractivity contribution in [3.63, 3.8) is 0 Å². The van der Waals surface area contributed by atoms with Crippen molar-refractivity contribution in [3.8, 4) is 0 Å². The Morgan fingerprint density at radius 1 is 1.58 bits per heavy atom. The molecule has 1 saturated heterocycles. The van der Waals surface area contributed by atoms with Crippen molar-refractivity contribution < 1.29 is 9.18 Å². The van der Waals surface area contributed by atoms with Crippen LogP contribution in [0.25, 0.3) is 0 Å². The zero-order chi connectivity index (χ0) is 13.3. The molecule has 0 bridgehead atoms. The maximum atomic E-state index is 13.8. The fraction of sp³-hybridized carbons (Fsp3) is 0.417. The fourth-order valence-corrected chi connectivity index (χ4v) is 2.46. The van der Waals surface area contributed by atoms with Gasteiger partial charge < -0.3 is 10.2 Å². The molecule has 1 atom stereocenters. The van der Waals surface area contributed by atoms with Gasteiger partial charge in [0.1, 0.15) is 5.82 Å². The second kappa shape index (κ2) is 6.88. The van der Waals surface area contributed by atoms with Gasteiger partial charge in [0.2, 0.25) is 0 Å². The molecule has 0 saturated carbocycles. The molecule has 1 aliphatic rings. The second-order valence-corrected chi connectivity index (χ2v) is 5.56. The van der Waals surface area contributed by atoms with Gasteiger partial charge in [0.15, 0.2) is 0 Å². The van der Waals surface area contributed by atoms with Gasteiger partial charge in [0.05, 0.1) is 10.6 Å². The third-order valence-electron chi connectivity index (χ3n) is 3.00. The highest BCUT2D eigenvalue weighted by Gasteiger charge is 2.26. The number of hydrogen-bond donors (Lipinski definition) is 1. The van der Waals surface area contributed by atoms with Crippen molar-refractivity contribution in [2.75, 3.05) is 19.6 Å². The first kappa shape index (κ1) is 16.7. The Labute approximate surface area is 131 Å². The van der Waals surface area contributed by atoms with Crippen LogP contribution in [0, 0.1) is 5.82 Å². The van der Waals surface area contributed by atoms with E-state index in [1.54, 1.807) is 4.90 Å². The molecule has 3 nitrogen and oxygen atoms in total. The van der Waals surface area contributed by atoms with Crippen LogP contribution in [0.5, 0.6) is 0 Å². The topological polar surface area (TPSA) is 32.3 Å². The highest BCUT2D eigenvalue weighted by molar-refractivity contribution is 9.10. The molecule has 1 N–H and O–H groups in total. The monoisotopic (exact) mass is 370 g/mol. The van der Waals surface area contributed by atoms with Gasteiger partial charge in [0.25, 0.3) is 5.91 Å². The van der Waals surface area contributed by atoms with Crippen LogP contribution in [0.15, 0.2) is 16.6 Å². The number of amides is 1. The van der Waals surface area contributed by atoms with E-state index in [2.05, 4.69) is 21.2 Å². The lowest BCUT2D eigenvalue weighted by Crippen LogP contribution is -2.52. The number of piperazine rings is 1. The van der Waals surface area contributed by atoms with E-state index in [0.29, 0.717) is 16.0 Å². The molecule has 19 heavy (non-hydrogen) atoms. The molecule has 1 aromatic rings. The van der Waals surface area contributed by atoms with Crippen LogP contribution in [0.4, 0.5) is 4.39 Å². The van der Waals surface area contributed by atoms with E-state index in [9.17, 15) is 9.18 Å². The molecule has 1 aliphatic heterocycles. The lowest BCUT2D eigenvalue weighted by atomic mass is 10.1. The normalized spacial score (nSPS) is 18.9. The van der Waals surface area contributed by atoms with Crippen LogP contribution in [-0.2, 0) is 0 Å². The predicted octanol–water partition coefficient (Wildman–Crippen LogP) is 3.10. The fourth-order valence-electron chi connectivity index (χ4n) is 1.98. The standard InChI is InChI=1S/C12H13BrClFN2O.ClH/c1-7-6-16-2-3-17(7)12(18)8-4-10(14)9(13)5-11(8)15;/h4-5,7,16H,2-3,6H2,1H3;1H/t7-;/m1./s1. The third kappa shape index (κ3) is 3.60. The van der Waals surface area contributed by atoms with Crippen LogP contribution in [0.2, 0.25) is 5.02 Å². The molecule has 1 amide bonds. The summed E-state index contributed by atoms with van der Waals surface area (Å²) in [6.07, 6.45) is 0. The molecule has 2 rings (SSSR count). The van der Waals surface area contributed by atoms with E-state index in [1.807, 2.05) is 6.92 Å². The molecule has 0 radical (unpaired) electrons. The van der Waals surface area contributed by atoms with Crippen LogP contribution >= 0.6 is 39.9 Å². The number of hydrogen-bond acceptors (Lipinski definition) is 2. The molecule has 1 fully saturated rings. The minimum atomic E-state index is -0.554. The summed E-state index contributed by atoms with van der Waals surface area (Å²) in [4.78, 5) is 13.9. The van der Waals surface area contributed by atoms with E-state index in [-0.39, 0.29) is 29.9 Å². The SMILES string of the molecule is C[C@@H]1CNCCN1C(=O)c1cc(Cl)c(Br)cc1F.Cl. The van der Waals surface area contributed by atoms with Gasteiger partial charge in [-0.2, -0.15) is 0 Å². The number of nitrogens with zero attached hydrogens (tertiary/aromatic N) is 1. The van der Waals surface area contributed by atoms with E-state index in [0.717, 1.165) is 13.1 Å². The maximum Gasteiger partial charge on any atom is 0.257 e. The van der Waals surface area contributed by atoms with E-state index in [4.69, 9.17) is 11.6 Å². The van der Waals surface area contributed by atoms with Crippen molar-refractivity contribution in [1.82, 2.24) is 10.2 Å². The van der Waals surface area contributed by atoms with Crippen molar-refractivity contribution >= 4 is 45.8 Å². The number of carbonyl (C=O) groups is 1. The van der Waals surface area contributed by atoms with Gasteiger partial charge in [-0.15, -0.1) is 12.4 Å². The Kier molecular flexibility index (Phi) is 6.05. The minimum Gasteiger partial charge on any atom is -0.333 e. The predicted molar refractivity (Wildman–Crippen MR) is 79.7 cm³/mol. The van der Waals surface area contributed by atoms with Crippen molar-refractivity contribution in [3.05, 3.63) is 33.0 Å². The quantitative estimate of drug-likeness (QED) is 0.769. The smallest absolute Gasteiger partial charge is 0.257 e. The summed E-state index contributed by atoms with van der Waals surface area (Å²) in [5.41, 5.74) is 0.0250. The summed E-state index contributed by atoms with van der Waals surface area (Å²) < 4.78 is 14.3. The molecule has 0 aromatic heterocycles. The summed E-state index contributed by atoms with van der Waals surface area (Å²) >= 11 is 9.04. The number of nitrogens with one attached hydrogen (secondary N) is 1. The summed E-state index contributed by atoms with van der Waals surface area (Å²) in [6.45, 7) is 3.95. The molecule has 0 aliphatic carbocycles. The highest BCUT2D eigenvalue weighted by atomic mass is 79.9. The third-order valence-corrected chi connectivity index (χ3v) is 4.20. The largest absolute Gasteiger partial charge is 0.333 e. The van der Waals surface area contributed by atoms with Crippen LogP contribution in [0.1, 0.15) is 17.3 Å². The number of halogens is 4. The molecular formula is C12H14BrCl2FN2O. The Hall–Kier alpha value is -0.360.